The molecule has 0 radical (unpaired) electrons. The molecule has 1 aromatic rings. The lowest BCUT2D eigenvalue weighted by molar-refractivity contribution is -0.153. The van der Waals surface area contributed by atoms with Crippen LogP contribution in [0.2, 0.25) is 5.02 Å². The van der Waals surface area contributed by atoms with E-state index in [4.69, 9.17) is 23.2 Å². The summed E-state index contributed by atoms with van der Waals surface area (Å²) in [6.45, 7) is -1.19. The first kappa shape index (κ1) is 16.2. The van der Waals surface area contributed by atoms with Gasteiger partial charge in [-0.15, -0.1) is 11.6 Å². The van der Waals surface area contributed by atoms with Crippen LogP contribution >= 0.6 is 23.2 Å². The van der Waals surface area contributed by atoms with E-state index in [2.05, 4.69) is 10.1 Å². The Hall–Kier alpha value is -0.850. The highest BCUT2D eigenvalue weighted by molar-refractivity contribution is 6.32. The Kier molecular flexibility index (Phi) is 6.03. The summed E-state index contributed by atoms with van der Waals surface area (Å²) in [6, 6.07) is 4.23. The number of aliphatic hydroxyl groups is 1. The Balaban J connectivity index is 2.59. The minimum Gasteiger partial charge on any atom is -0.483 e. The smallest absolute Gasteiger partial charge is 0.422 e. The van der Waals surface area contributed by atoms with Crippen LogP contribution in [0.15, 0.2) is 18.2 Å². The molecule has 1 aromatic carbocycles. The normalized spacial score (nSPS) is 13.2. The molecule has 2 N–H and O–H groups in total. The third-order valence-corrected chi connectivity index (χ3v) is 2.69. The molecule has 1 atom stereocenters. The van der Waals surface area contributed by atoms with E-state index in [1.165, 1.54) is 18.2 Å². The van der Waals surface area contributed by atoms with Gasteiger partial charge in [0.25, 0.3) is 0 Å². The molecule has 19 heavy (non-hydrogen) atoms. The number of aliphatic hydroxyl groups excluding tert-OH is 1. The molecule has 108 valence electrons. The van der Waals surface area contributed by atoms with Crippen molar-refractivity contribution >= 4 is 28.9 Å². The molecule has 0 bridgehead atoms. The molecule has 0 saturated carbocycles. The van der Waals surface area contributed by atoms with E-state index in [0.717, 1.165) is 0 Å². The van der Waals surface area contributed by atoms with E-state index in [0.29, 0.717) is 5.69 Å². The van der Waals surface area contributed by atoms with Gasteiger partial charge >= 0.3 is 6.18 Å². The second-order valence-corrected chi connectivity index (χ2v) is 4.45. The lowest BCUT2D eigenvalue weighted by Gasteiger charge is -2.13. The van der Waals surface area contributed by atoms with Gasteiger partial charge in [-0.25, -0.2) is 0 Å². The van der Waals surface area contributed by atoms with E-state index in [-0.39, 0.29) is 23.2 Å². The van der Waals surface area contributed by atoms with Crippen molar-refractivity contribution in [1.29, 1.82) is 0 Å². The van der Waals surface area contributed by atoms with E-state index >= 15 is 0 Å². The standard InChI is InChI=1S/C11H12Cl2F3NO2/c12-4-8(18)5-17-7-1-2-10(9(13)3-7)19-6-11(14,15)16/h1-3,8,17-18H,4-6H2. The third kappa shape index (κ3) is 6.22. The number of hydrogen-bond acceptors (Lipinski definition) is 3. The van der Waals surface area contributed by atoms with E-state index in [1.54, 1.807) is 0 Å². The quantitative estimate of drug-likeness (QED) is 0.791. The fourth-order valence-corrected chi connectivity index (χ4v) is 1.52. The molecule has 0 spiro atoms. The van der Waals surface area contributed by atoms with Crippen molar-refractivity contribution < 1.29 is 23.0 Å². The first-order valence-corrected chi connectivity index (χ1v) is 6.20. The van der Waals surface area contributed by atoms with Crippen LogP contribution in [0.3, 0.4) is 0 Å². The summed E-state index contributed by atoms with van der Waals surface area (Å²) in [5.41, 5.74) is 0.550. The topological polar surface area (TPSA) is 41.5 Å². The Morgan fingerprint density at radius 1 is 1.37 bits per heavy atom. The molecule has 1 rings (SSSR count). The summed E-state index contributed by atoms with van der Waals surface area (Å²) in [5, 5.41) is 12.1. The molecule has 0 aliphatic heterocycles. The molecule has 0 aromatic heterocycles. The van der Waals surface area contributed by atoms with E-state index in [9.17, 15) is 18.3 Å². The van der Waals surface area contributed by atoms with Gasteiger partial charge in [-0.2, -0.15) is 13.2 Å². The van der Waals surface area contributed by atoms with Gasteiger partial charge < -0.3 is 15.2 Å². The van der Waals surface area contributed by atoms with Crippen molar-refractivity contribution in [3.05, 3.63) is 23.2 Å². The molecule has 0 heterocycles. The second-order valence-electron chi connectivity index (χ2n) is 3.74. The molecule has 0 aliphatic carbocycles. The van der Waals surface area contributed by atoms with Gasteiger partial charge in [0.2, 0.25) is 0 Å². The minimum absolute atomic E-state index is 0.0506. The maximum absolute atomic E-state index is 12.0. The van der Waals surface area contributed by atoms with Crippen molar-refractivity contribution in [1.82, 2.24) is 0 Å². The zero-order chi connectivity index (χ0) is 14.5. The molecular formula is C11H12Cl2F3NO2. The van der Waals surface area contributed by atoms with Crippen molar-refractivity contribution in [2.24, 2.45) is 0 Å². The number of ether oxygens (including phenoxy) is 1. The fraction of sp³-hybridized carbons (Fsp3) is 0.455. The van der Waals surface area contributed by atoms with Crippen LogP contribution in [-0.2, 0) is 0 Å². The molecule has 0 fully saturated rings. The Morgan fingerprint density at radius 2 is 2.05 bits per heavy atom. The third-order valence-electron chi connectivity index (χ3n) is 2.04. The molecule has 8 heteroatoms. The van der Waals surface area contributed by atoms with Crippen LogP contribution in [0.5, 0.6) is 5.75 Å². The van der Waals surface area contributed by atoms with Gasteiger partial charge in [0, 0.05) is 12.2 Å². The maximum Gasteiger partial charge on any atom is 0.422 e. The van der Waals surface area contributed by atoms with Gasteiger partial charge in [0.1, 0.15) is 5.75 Å². The predicted molar refractivity (Wildman–Crippen MR) is 68.2 cm³/mol. The number of alkyl halides is 4. The zero-order valence-corrected chi connectivity index (χ0v) is 11.2. The first-order chi connectivity index (χ1) is 8.81. The number of halogens is 5. The van der Waals surface area contributed by atoms with Gasteiger partial charge in [0.15, 0.2) is 6.61 Å². The van der Waals surface area contributed by atoms with Crippen LogP contribution in [-0.4, -0.2) is 36.4 Å². The predicted octanol–water partition coefficient (Wildman–Crippen LogP) is 3.29. The fourth-order valence-electron chi connectivity index (χ4n) is 1.18. The van der Waals surface area contributed by atoms with Crippen LogP contribution in [0.1, 0.15) is 0 Å². The lowest BCUT2D eigenvalue weighted by Crippen LogP contribution is -2.21. The zero-order valence-electron chi connectivity index (χ0n) is 9.68. The highest BCUT2D eigenvalue weighted by atomic mass is 35.5. The first-order valence-electron chi connectivity index (χ1n) is 5.29. The highest BCUT2D eigenvalue weighted by Gasteiger charge is 2.28. The van der Waals surface area contributed by atoms with E-state index < -0.39 is 18.9 Å². The van der Waals surface area contributed by atoms with Crippen molar-refractivity contribution in [2.45, 2.75) is 12.3 Å². The number of benzene rings is 1. The molecule has 1 unspecified atom stereocenters. The molecule has 0 amide bonds. The van der Waals surface area contributed by atoms with Crippen LogP contribution < -0.4 is 10.1 Å². The van der Waals surface area contributed by atoms with Crippen LogP contribution in [0.25, 0.3) is 0 Å². The van der Waals surface area contributed by atoms with Gasteiger partial charge in [0.05, 0.1) is 17.0 Å². The summed E-state index contributed by atoms with van der Waals surface area (Å²) in [7, 11) is 0. The monoisotopic (exact) mass is 317 g/mol. The van der Waals surface area contributed by atoms with E-state index in [1.807, 2.05) is 0 Å². The summed E-state index contributed by atoms with van der Waals surface area (Å²) in [6.07, 6.45) is -5.13. The minimum atomic E-state index is -4.41. The Morgan fingerprint density at radius 3 is 2.58 bits per heavy atom. The number of anilines is 1. The molecule has 0 aliphatic rings. The molecular weight excluding hydrogens is 306 g/mol. The van der Waals surface area contributed by atoms with Crippen molar-refractivity contribution in [3.63, 3.8) is 0 Å². The summed E-state index contributed by atoms with van der Waals surface area (Å²) in [4.78, 5) is 0. The number of nitrogens with one attached hydrogen (secondary N) is 1. The number of hydrogen-bond donors (Lipinski definition) is 2. The van der Waals surface area contributed by atoms with Crippen LogP contribution in [0, 0.1) is 0 Å². The average Bonchev–Trinajstić information content (AvgIpc) is 2.33. The summed E-state index contributed by atoms with van der Waals surface area (Å²) >= 11 is 11.2. The summed E-state index contributed by atoms with van der Waals surface area (Å²) < 4.78 is 40.5. The highest BCUT2D eigenvalue weighted by Crippen LogP contribution is 2.29. The van der Waals surface area contributed by atoms with Crippen LogP contribution in [0.4, 0.5) is 18.9 Å². The van der Waals surface area contributed by atoms with Gasteiger partial charge in [-0.3, -0.25) is 0 Å². The van der Waals surface area contributed by atoms with Gasteiger partial charge in [-0.05, 0) is 18.2 Å². The SMILES string of the molecule is OC(CCl)CNc1ccc(OCC(F)(F)F)c(Cl)c1. The number of rotatable bonds is 6. The Bertz CT molecular complexity index is 415. The largest absolute Gasteiger partial charge is 0.483 e. The molecule has 3 nitrogen and oxygen atoms in total. The summed E-state index contributed by atoms with van der Waals surface area (Å²) in [5.74, 6) is 0.0236. The molecule has 0 saturated heterocycles. The maximum atomic E-state index is 12.0. The average molecular weight is 318 g/mol. The lowest BCUT2D eigenvalue weighted by atomic mass is 10.3. The van der Waals surface area contributed by atoms with Crippen molar-refractivity contribution in [3.8, 4) is 5.75 Å². The van der Waals surface area contributed by atoms with Gasteiger partial charge in [-0.1, -0.05) is 11.6 Å². The Labute approximate surface area is 118 Å². The van der Waals surface area contributed by atoms with Crippen molar-refractivity contribution in [2.75, 3.05) is 24.3 Å². The second kappa shape index (κ2) is 7.07.